The number of tetrazole rings is 1. The van der Waals surface area contributed by atoms with Gasteiger partial charge in [0.1, 0.15) is 0 Å². The lowest BCUT2D eigenvalue weighted by molar-refractivity contribution is 0.394. The zero-order valence-corrected chi connectivity index (χ0v) is 12.5. The number of hydrogen-bond donors (Lipinski definition) is 1. The topological polar surface area (TPSA) is 55.6 Å². The molecule has 0 bridgehead atoms. The molecule has 0 fully saturated rings. The molecule has 2 rings (SSSR count). The van der Waals surface area contributed by atoms with Crippen LogP contribution in [0.25, 0.3) is 11.4 Å². The number of rotatable bonds is 7. The molecule has 0 aliphatic carbocycles. The predicted molar refractivity (Wildman–Crippen MR) is 80.3 cm³/mol. The van der Waals surface area contributed by atoms with Gasteiger partial charge in [-0.25, -0.2) is 0 Å². The minimum Gasteiger partial charge on any atom is -0.315 e. The second-order valence-corrected chi connectivity index (χ2v) is 5.54. The Labute approximate surface area is 120 Å². The van der Waals surface area contributed by atoms with E-state index in [2.05, 4.69) is 41.5 Å². The maximum absolute atomic E-state index is 4.45. The highest BCUT2D eigenvalue weighted by Gasteiger charge is 2.10. The van der Waals surface area contributed by atoms with Gasteiger partial charge in [0, 0.05) is 12.1 Å². The van der Waals surface area contributed by atoms with E-state index in [4.69, 9.17) is 0 Å². The average Bonchev–Trinajstić information content (AvgIpc) is 2.94. The molecule has 1 N–H and O–H groups in total. The number of benzene rings is 1. The lowest BCUT2D eigenvalue weighted by Crippen LogP contribution is -2.26. The van der Waals surface area contributed by atoms with Crippen LogP contribution in [0.2, 0.25) is 0 Å². The molecule has 20 heavy (non-hydrogen) atoms. The van der Waals surface area contributed by atoms with Crippen molar-refractivity contribution in [1.29, 1.82) is 0 Å². The van der Waals surface area contributed by atoms with E-state index >= 15 is 0 Å². The van der Waals surface area contributed by atoms with Gasteiger partial charge in [-0.1, -0.05) is 44.2 Å². The van der Waals surface area contributed by atoms with Crippen molar-refractivity contribution in [3.63, 3.8) is 0 Å². The van der Waals surface area contributed by atoms with Crippen molar-refractivity contribution in [2.45, 2.75) is 33.2 Å². The molecule has 0 spiro atoms. The summed E-state index contributed by atoms with van der Waals surface area (Å²) >= 11 is 0. The van der Waals surface area contributed by atoms with Crippen LogP contribution >= 0.6 is 0 Å². The summed E-state index contributed by atoms with van der Waals surface area (Å²) in [7, 11) is 0. The van der Waals surface area contributed by atoms with Crippen LogP contribution in [0.3, 0.4) is 0 Å². The van der Waals surface area contributed by atoms with Crippen molar-refractivity contribution >= 4 is 0 Å². The van der Waals surface area contributed by atoms with Crippen molar-refractivity contribution in [3.8, 4) is 11.4 Å². The maximum atomic E-state index is 4.45. The first-order valence-corrected chi connectivity index (χ1v) is 7.22. The fourth-order valence-electron chi connectivity index (χ4n) is 1.90. The van der Waals surface area contributed by atoms with E-state index in [0.717, 1.165) is 24.6 Å². The molecule has 0 aliphatic rings. The van der Waals surface area contributed by atoms with E-state index in [1.165, 1.54) is 6.42 Å². The van der Waals surface area contributed by atoms with Crippen LogP contribution in [0.15, 0.2) is 30.3 Å². The van der Waals surface area contributed by atoms with Crippen LogP contribution < -0.4 is 5.32 Å². The molecular weight excluding hydrogens is 250 g/mol. The molecule has 0 amide bonds. The maximum Gasteiger partial charge on any atom is 0.204 e. The fraction of sp³-hybridized carbons (Fsp3) is 0.533. The van der Waals surface area contributed by atoms with Gasteiger partial charge in [0.25, 0.3) is 0 Å². The SMILES string of the molecule is CC(C)CCNCC(C)n1nnc(-c2ccccc2)n1. The summed E-state index contributed by atoms with van der Waals surface area (Å²) in [5, 5.41) is 16.1. The Morgan fingerprint density at radius 3 is 2.60 bits per heavy atom. The Balaban J connectivity index is 1.88. The molecule has 1 aromatic heterocycles. The summed E-state index contributed by atoms with van der Waals surface area (Å²) in [4.78, 5) is 1.69. The van der Waals surface area contributed by atoms with E-state index in [-0.39, 0.29) is 6.04 Å². The van der Waals surface area contributed by atoms with Crippen LogP contribution in [0.5, 0.6) is 0 Å². The number of nitrogens with zero attached hydrogens (tertiary/aromatic N) is 4. The molecular formula is C15H23N5. The van der Waals surface area contributed by atoms with E-state index in [0.29, 0.717) is 5.82 Å². The Morgan fingerprint density at radius 2 is 1.90 bits per heavy atom. The molecule has 108 valence electrons. The first kappa shape index (κ1) is 14.7. The first-order chi connectivity index (χ1) is 9.66. The summed E-state index contributed by atoms with van der Waals surface area (Å²) in [6.45, 7) is 8.45. The summed E-state index contributed by atoms with van der Waals surface area (Å²) in [5.74, 6) is 1.41. The zero-order chi connectivity index (χ0) is 14.4. The predicted octanol–water partition coefficient (Wildman–Crippen LogP) is 2.54. The second-order valence-electron chi connectivity index (χ2n) is 5.54. The fourth-order valence-corrected chi connectivity index (χ4v) is 1.90. The molecule has 0 radical (unpaired) electrons. The van der Waals surface area contributed by atoms with Crippen LogP contribution in [0, 0.1) is 5.92 Å². The highest BCUT2D eigenvalue weighted by Crippen LogP contribution is 2.13. The Bertz CT molecular complexity index is 506. The summed E-state index contributed by atoms with van der Waals surface area (Å²) < 4.78 is 0. The molecule has 0 saturated heterocycles. The van der Waals surface area contributed by atoms with Crippen molar-refractivity contribution in [2.24, 2.45) is 5.92 Å². The first-order valence-electron chi connectivity index (χ1n) is 7.22. The van der Waals surface area contributed by atoms with Gasteiger partial charge < -0.3 is 5.32 Å². The lowest BCUT2D eigenvalue weighted by Gasteiger charge is -2.11. The summed E-state index contributed by atoms with van der Waals surface area (Å²) in [6, 6.07) is 10.1. The third-order valence-corrected chi connectivity index (χ3v) is 3.19. The van der Waals surface area contributed by atoms with Crippen molar-refractivity contribution < 1.29 is 0 Å². The molecule has 1 atom stereocenters. The molecule has 1 heterocycles. The summed E-state index contributed by atoms with van der Waals surface area (Å²) in [5.41, 5.74) is 0.999. The number of nitrogens with one attached hydrogen (secondary N) is 1. The number of aromatic nitrogens is 4. The Hall–Kier alpha value is -1.75. The molecule has 1 unspecified atom stereocenters. The minimum absolute atomic E-state index is 0.201. The van der Waals surface area contributed by atoms with E-state index in [1.807, 2.05) is 30.3 Å². The van der Waals surface area contributed by atoms with E-state index in [1.54, 1.807) is 4.80 Å². The largest absolute Gasteiger partial charge is 0.315 e. The van der Waals surface area contributed by atoms with Gasteiger partial charge >= 0.3 is 0 Å². The van der Waals surface area contributed by atoms with E-state index < -0.39 is 0 Å². The smallest absolute Gasteiger partial charge is 0.204 e. The van der Waals surface area contributed by atoms with Crippen molar-refractivity contribution in [3.05, 3.63) is 30.3 Å². The molecule has 5 nitrogen and oxygen atoms in total. The Morgan fingerprint density at radius 1 is 1.15 bits per heavy atom. The Kier molecular flexibility index (Phi) is 5.24. The van der Waals surface area contributed by atoms with Gasteiger partial charge in [0.05, 0.1) is 6.04 Å². The highest BCUT2D eigenvalue weighted by atomic mass is 15.6. The monoisotopic (exact) mass is 273 g/mol. The zero-order valence-electron chi connectivity index (χ0n) is 12.5. The van der Waals surface area contributed by atoms with Gasteiger partial charge in [-0.2, -0.15) is 4.80 Å². The van der Waals surface area contributed by atoms with Crippen LogP contribution in [0.4, 0.5) is 0 Å². The lowest BCUT2D eigenvalue weighted by atomic mass is 10.1. The third kappa shape index (κ3) is 4.13. The van der Waals surface area contributed by atoms with Crippen molar-refractivity contribution in [2.75, 3.05) is 13.1 Å². The summed E-state index contributed by atoms with van der Waals surface area (Å²) in [6.07, 6.45) is 1.19. The minimum atomic E-state index is 0.201. The molecule has 0 saturated carbocycles. The number of hydrogen-bond acceptors (Lipinski definition) is 4. The average molecular weight is 273 g/mol. The molecule has 1 aromatic carbocycles. The normalized spacial score (nSPS) is 12.8. The van der Waals surface area contributed by atoms with Crippen LogP contribution in [-0.2, 0) is 0 Å². The standard InChI is InChI=1S/C15H23N5/c1-12(2)9-10-16-11-13(3)20-18-15(17-19-20)14-7-5-4-6-8-14/h4-8,12-13,16H,9-11H2,1-3H3. The van der Waals surface area contributed by atoms with Gasteiger partial charge in [0.15, 0.2) is 0 Å². The van der Waals surface area contributed by atoms with Crippen LogP contribution in [-0.4, -0.2) is 33.3 Å². The highest BCUT2D eigenvalue weighted by molar-refractivity contribution is 5.52. The van der Waals surface area contributed by atoms with Gasteiger partial charge in [-0.05, 0) is 31.0 Å². The van der Waals surface area contributed by atoms with Gasteiger partial charge in [-0.3, -0.25) is 0 Å². The van der Waals surface area contributed by atoms with Crippen molar-refractivity contribution in [1.82, 2.24) is 25.5 Å². The molecule has 2 aromatic rings. The molecule has 5 heteroatoms. The third-order valence-electron chi connectivity index (χ3n) is 3.19. The van der Waals surface area contributed by atoms with E-state index in [9.17, 15) is 0 Å². The van der Waals surface area contributed by atoms with Crippen LogP contribution in [0.1, 0.15) is 33.2 Å². The van der Waals surface area contributed by atoms with Gasteiger partial charge in [-0.15, -0.1) is 10.2 Å². The quantitative estimate of drug-likeness (QED) is 0.788. The molecule has 0 aliphatic heterocycles. The van der Waals surface area contributed by atoms with Gasteiger partial charge in [0.2, 0.25) is 5.82 Å². The second kappa shape index (κ2) is 7.14.